The van der Waals surface area contributed by atoms with Crippen molar-refractivity contribution in [3.8, 4) is 0 Å². The number of hydrogen-bond donors (Lipinski definition) is 1. The Morgan fingerprint density at radius 1 is 1.12 bits per heavy atom. The lowest BCUT2D eigenvalue weighted by atomic mass is 9.43. The third-order valence-corrected chi connectivity index (χ3v) is 7.62. The zero-order valence-electron chi connectivity index (χ0n) is 17.8. The second-order valence-electron chi connectivity index (χ2n) is 10.5. The first kappa shape index (κ1) is 20.1. The van der Waals surface area contributed by atoms with Crippen molar-refractivity contribution in [3.05, 3.63) is 24.3 Å². The van der Waals surface area contributed by atoms with E-state index in [4.69, 9.17) is 9.47 Å². The zero-order chi connectivity index (χ0) is 19.5. The largest absolute Gasteiger partial charge is 0.387 e. The van der Waals surface area contributed by atoms with Crippen LogP contribution in [0.3, 0.4) is 0 Å². The van der Waals surface area contributed by atoms with Crippen LogP contribution in [0.25, 0.3) is 0 Å². The second kappa shape index (κ2) is 6.18. The summed E-state index contributed by atoms with van der Waals surface area (Å²) in [5, 5.41) is 11.7. The first-order chi connectivity index (χ1) is 11.8. The van der Waals surface area contributed by atoms with Crippen LogP contribution in [0, 0.1) is 22.7 Å². The molecule has 0 aromatic heterocycles. The van der Waals surface area contributed by atoms with Gasteiger partial charge < -0.3 is 14.6 Å². The summed E-state index contributed by atoms with van der Waals surface area (Å²) >= 11 is 0. The van der Waals surface area contributed by atoms with Crippen LogP contribution >= 0.6 is 0 Å². The molecule has 3 nitrogen and oxygen atoms in total. The van der Waals surface area contributed by atoms with Gasteiger partial charge in [0.1, 0.15) is 6.10 Å². The van der Waals surface area contributed by atoms with Crippen molar-refractivity contribution < 1.29 is 14.6 Å². The summed E-state index contributed by atoms with van der Waals surface area (Å²) in [6, 6.07) is 0. The van der Waals surface area contributed by atoms with E-state index in [-0.39, 0.29) is 29.0 Å². The molecule has 0 spiro atoms. The Morgan fingerprint density at radius 3 is 2.38 bits per heavy atom. The molecular formula is C23H38O3. The molecule has 0 aromatic rings. The van der Waals surface area contributed by atoms with E-state index < -0.39 is 11.4 Å². The maximum Gasteiger partial charge on any atom is 0.163 e. The van der Waals surface area contributed by atoms with E-state index in [0.29, 0.717) is 5.92 Å². The van der Waals surface area contributed by atoms with Crippen LogP contribution in [0.5, 0.6) is 0 Å². The number of ether oxygens (including phenoxy) is 2. The third kappa shape index (κ3) is 3.00. The Bertz CT molecular complexity index is 601. The van der Waals surface area contributed by atoms with Crippen LogP contribution < -0.4 is 0 Å². The van der Waals surface area contributed by atoms with Gasteiger partial charge in [0.25, 0.3) is 0 Å². The Hall–Kier alpha value is -0.640. The molecule has 0 bridgehead atoms. The molecule has 3 heteroatoms. The molecule has 2 aliphatic carbocycles. The van der Waals surface area contributed by atoms with Crippen molar-refractivity contribution in [2.75, 3.05) is 0 Å². The molecular weight excluding hydrogens is 324 g/mol. The normalized spacial score (nSPS) is 47.2. The summed E-state index contributed by atoms with van der Waals surface area (Å²) in [4.78, 5) is 0. The SMILES string of the molecule is C=CC(C)=CCC1C(C)(O)C2OC(C)(C)OC2C2C(C)(C)CCCC21C. The van der Waals surface area contributed by atoms with Crippen molar-refractivity contribution in [2.45, 2.75) is 97.7 Å². The zero-order valence-corrected chi connectivity index (χ0v) is 17.8. The predicted molar refractivity (Wildman–Crippen MR) is 106 cm³/mol. The van der Waals surface area contributed by atoms with Gasteiger partial charge in [0, 0.05) is 0 Å². The van der Waals surface area contributed by atoms with Gasteiger partial charge in [-0.1, -0.05) is 51.5 Å². The Labute approximate surface area is 159 Å². The molecule has 6 unspecified atom stereocenters. The first-order valence-electron chi connectivity index (χ1n) is 10.2. The van der Waals surface area contributed by atoms with E-state index in [0.717, 1.165) is 12.8 Å². The van der Waals surface area contributed by atoms with Crippen LogP contribution in [-0.2, 0) is 9.47 Å². The van der Waals surface area contributed by atoms with Gasteiger partial charge in [0.2, 0.25) is 0 Å². The molecule has 3 aliphatic rings. The average Bonchev–Trinajstić information content (AvgIpc) is 2.81. The molecule has 1 heterocycles. The summed E-state index contributed by atoms with van der Waals surface area (Å²) in [5.74, 6) is -0.137. The van der Waals surface area contributed by atoms with Gasteiger partial charge in [-0.15, -0.1) is 0 Å². The van der Waals surface area contributed by atoms with Crippen LogP contribution in [0.15, 0.2) is 24.3 Å². The van der Waals surface area contributed by atoms with Gasteiger partial charge in [-0.25, -0.2) is 0 Å². The van der Waals surface area contributed by atoms with Gasteiger partial charge in [-0.05, 0) is 69.6 Å². The molecule has 0 radical (unpaired) electrons. The molecule has 0 aromatic carbocycles. The summed E-state index contributed by atoms with van der Waals surface area (Å²) < 4.78 is 12.7. The van der Waals surface area contributed by atoms with Crippen molar-refractivity contribution >= 4 is 0 Å². The van der Waals surface area contributed by atoms with E-state index in [1.165, 1.54) is 18.4 Å². The van der Waals surface area contributed by atoms with Crippen LogP contribution in [0.2, 0.25) is 0 Å². The Balaban J connectivity index is 2.10. The summed E-state index contributed by atoms with van der Waals surface area (Å²) in [7, 11) is 0. The fourth-order valence-corrected chi connectivity index (χ4v) is 6.59. The van der Waals surface area contributed by atoms with E-state index in [2.05, 4.69) is 40.3 Å². The molecule has 1 saturated heterocycles. The van der Waals surface area contributed by atoms with Gasteiger partial charge in [-0.2, -0.15) is 0 Å². The highest BCUT2D eigenvalue weighted by molar-refractivity contribution is 5.20. The number of aliphatic hydroxyl groups is 1. The lowest BCUT2D eigenvalue weighted by Crippen LogP contribution is -2.68. The smallest absolute Gasteiger partial charge is 0.163 e. The minimum atomic E-state index is -0.922. The minimum Gasteiger partial charge on any atom is -0.387 e. The molecule has 3 rings (SSSR count). The summed E-state index contributed by atoms with van der Waals surface area (Å²) in [6.45, 7) is 19.0. The molecule has 1 aliphatic heterocycles. The molecule has 3 fully saturated rings. The maximum atomic E-state index is 11.7. The van der Waals surface area contributed by atoms with Crippen LogP contribution in [0.4, 0.5) is 0 Å². The third-order valence-electron chi connectivity index (χ3n) is 7.62. The Kier molecular flexibility index (Phi) is 4.78. The minimum absolute atomic E-state index is 0.0220. The fraction of sp³-hybridized carbons (Fsp3) is 0.826. The molecule has 1 N–H and O–H groups in total. The van der Waals surface area contributed by atoms with Gasteiger partial charge in [0.15, 0.2) is 5.79 Å². The highest BCUT2D eigenvalue weighted by Gasteiger charge is 2.69. The number of rotatable bonds is 3. The topological polar surface area (TPSA) is 38.7 Å². The van der Waals surface area contributed by atoms with Crippen molar-refractivity contribution in [1.82, 2.24) is 0 Å². The number of allylic oxidation sites excluding steroid dienone is 3. The number of fused-ring (bicyclic) bond motifs is 3. The van der Waals surface area contributed by atoms with Gasteiger partial charge >= 0.3 is 0 Å². The lowest BCUT2D eigenvalue weighted by molar-refractivity contribution is -0.233. The van der Waals surface area contributed by atoms with Crippen molar-refractivity contribution in [2.24, 2.45) is 22.7 Å². The van der Waals surface area contributed by atoms with E-state index in [1.54, 1.807) is 0 Å². The molecule has 26 heavy (non-hydrogen) atoms. The average molecular weight is 363 g/mol. The van der Waals surface area contributed by atoms with Gasteiger partial charge in [-0.3, -0.25) is 0 Å². The fourth-order valence-electron chi connectivity index (χ4n) is 6.59. The lowest BCUT2D eigenvalue weighted by Gasteiger charge is -2.63. The first-order valence-corrected chi connectivity index (χ1v) is 10.2. The van der Waals surface area contributed by atoms with E-state index in [1.807, 2.05) is 26.8 Å². The van der Waals surface area contributed by atoms with Crippen molar-refractivity contribution in [1.29, 1.82) is 0 Å². The predicted octanol–water partition coefficient (Wildman–Crippen LogP) is 5.24. The van der Waals surface area contributed by atoms with Crippen molar-refractivity contribution in [3.63, 3.8) is 0 Å². The second-order valence-corrected chi connectivity index (χ2v) is 10.5. The summed E-state index contributed by atoms with van der Waals surface area (Å²) in [5.41, 5.74) is 0.441. The Morgan fingerprint density at radius 2 is 1.77 bits per heavy atom. The highest BCUT2D eigenvalue weighted by Crippen LogP contribution is 2.65. The monoisotopic (exact) mass is 362 g/mol. The van der Waals surface area contributed by atoms with Crippen LogP contribution in [0.1, 0.15) is 74.1 Å². The standard InChI is InChI=1S/C23H38O3/c1-9-15(2)11-12-16-22(7)14-10-13-20(3,4)18(22)17-19(23(16,8)24)26-21(5,6)25-17/h9,11,16-19,24H,1,10,12-14H2,2-8H3. The van der Waals surface area contributed by atoms with E-state index in [9.17, 15) is 5.11 Å². The highest BCUT2D eigenvalue weighted by atomic mass is 16.8. The summed E-state index contributed by atoms with van der Waals surface area (Å²) in [6.07, 6.45) is 8.18. The van der Waals surface area contributed by atoms with Crippen LogP contribution in [-0.4, -0.2) is 28.7 Å². The number of hydrogen-bond acceptors (Lipinski definition) is 3. The maximum absolute atomic E-state index is 11.7. The molecule has 148 valence electrons. The molecule has 6 atom stereocenters. The van der Waals surface area contributed by atoms with Gasteiger partial charge in [0.05, 0.1) is 11.7 Å². The van der Waals surface area contributed by atoms with E-state index >= 15 is 0 Å². The molecule has 0 amide bonds. The quantitative estimate of drug-likeness (QED) is 0.698. The molecule has 2 saturated carbocycles.